The predicted octanol–water partition coefficient (Wildman–Crippen LogP) is 5.71. The third-order valence-corrected chi connectivity index (χ3v) is 5.28. The van der Waals surface area contributed by atoms with Gasteiger partial charge in [0, 0.05) is 33.2 Å². The number of rotatable bonds is 2. The van der Waals surface area contributed by atoms with Crippen LogP contribution in [0, 0.1) is 0 Å². The van der Waals surface area contributed by atoms with E-state index < -0.39 is 0 Å². The van der Waals surface area contributed by atoms with Crippen LogP contribution in [0.4, 0.5) is 5.95 Å². The number of fused-ring (bicyclic) bond motifs is 2. The number of imidazole rings is 1. The molecule has 0 saturated heterocycles. The third kappa shape index (κ3) is 2.85. The van der Waals surface area contributed by atoms with Gasteiger partial charge in [0.2, 0.25) is 5.95 Å². The van der Waals surface area contributed by atoms with Crippen molar-refractivity contribution in [3.63, 3.8) is 0 Å². The van der Waals surface area contributed by atoms with Gasteiger partial charge in [-0.25, -0.2) is 9.98 Å². The Hall–Kier alpha value is -2.18. The summed E-state index contributed by atoms with van der Waals surface area (Å²) in [6, 6.07) is 15.5. The molecule has 0 aliphatic rings. The van der Waals surface area contributed by atoms with Crippen LogP contribution in [-0.4, -0.2) is 20.9 Å². The zero-order chi connectivity index (χ0) is 17.6. The smallest absolute Gasteiger partial charge is 0.230 e. The first kappa shape index (κ1) is 16.3. The van der Waals surface area contributed by atoms with Gasteiger partial charge in [0.05, 0.1) is 11.0 Å². The molecule has 0 saturated carbocycles. The first-order valence-electron chi connectivity index (χ1n) is 7.61. The van der Waals surface area contributed by atoms with E-state index in [0.717, 1.165) is 30.8 Å². The van der Waals surface area contributed by atoms with E-state index in [2.05, 4.69) is 41.8 Å². The number of halogens is 2. The second-order valence-electron chi connectivity index (χ2n) is 5.70. The van der Waals surface area contributed by atoms with Crippen molar-refractivity contribution >= 4 is 65.8 Å². The Morgan fingerprint density at radius 1 is 1.08 bits per heavy atom. The first-order valence-corrected chi connectivity index (χ1v) is 9.19. The summed E-state index contributed by atoms with van der Waals surface area (Å²) in [7, 11) is 1.92. The Morgan fingerprint density at radius 2 is 1.84 bits per heavy atom. The molecule has 0 radical (unpaired) electrons. The average Bonchev–Trinajstić information content (AvgIpc) is 2.92. The number of aryl methyl sites for hydroxylation is 1. The number of aliphatic imine (C=N–C) groups is 1. The highest BCUT2D eigenvalue weighted by molar-refractivity contribution is 9.11. The summed E-state index contributed by atoms with van der Waals surface area (Å²) in [6.07, 6.45) is 1.64. The van der Waals surface area contributed by atoms with Crippen molar-refractivity contribution in [2.45, 2.75) is 0 Å². The number of hydrogen-bond donors (Lipinski definition) is 1. The predicted molar refractivity (Wildman–Crippen MR) is 109 cm³/mol. The normalized spacial score (nSPS) is 11.8. The molecule has 4 aromatic rings. The maximum atomic E-state index is 10.6. The molecule has 1 aromatic heterocycles. The number of benzene rings is 3. The van der Waals surface area contributed by atoms with E-state index in [0.29, 0.717) is 11.5 Å². The van der Waals surface area contributed by atoms with Crippen molar-refractivity contribution in [2.24, 2.45) is 12.0 Å². The van der Waals surface area contributed by atoms with Gasteiger partial charge in [-0.15, -0.1) is 0 Å². The highest BCUT2D eigenvalue weighted by Crippen LogP contribution is 2.34. The molecule has 1 N–H and O–H groups in total. The van der Waals surface area contributed by atoms with Gasteiger partial charge in [-0.3, -0.25) is 0 Å². The van der Waals surface area contributed by atoms with Crippen molar-refractivity contribution in [1.29, 1.82) is 0 Å². The zero-order valence-corrected chi connectivity index (χ0v) is 16.4. The lowest BCUT2D eigenvalue weighted by Crippen LogP contribution is -1.89. The molecule has 4 nitrogen and oxygen atoms in total. The lowest BCUT2D eigenvalue weighted by Gasteiger charge is -2.06. The minimum absolute atomic E-state index is 0.212. The van der Waals surface area contributed by atoms with E-state index >= 15 is 0 Å². The SMILES string of the molecule is Cn1c(/N=C/c2cc(Br)c3ccccc3c2O)nc2cc(Br)ccc21. The summed E-state index contributed by atoms with van der Waals surface area (Å²) in [5.41, 5.74) is 2.51. The highest BCUT2D eigenvalue weighted by atomic mass is 79.9. The summed E-state index contributed by atoms with van der Waals surface area (Å²) < 4.78 is 3.81. The molecule has 4 rings (SSSR count). The summed E-state index contributed by atoms with van der Waals surface area (Å²) in [4.78, 5) is 9.03. The Balaban J connectivity index is 1.81. The van der Waals surface area contributed by atoms with E-state index in [9.17, 15) is 5.11 Å². The standard InChI is InChI=1S/C19H13Br2N3O/c1-24-17-7-6-12(20)9-16(17)23-19(24)22-10-11-8-15(21)13-4-2-3-5-14(13)18(11)25/h2-10,25H,1H3/b22-10+. The summed E-state index contributed by atoms with van der Waals surface area (Å²) in [5.74, 6) is 0.792. The van der Waals surface area contributed by atoms with Crippen molar-refractivity contribution in [2.75, 3.05) is 0 Å². The molecule has 0 spiro atoms. The largest absolute Gasteiger partial charge is 0.507 e. The van der Waals surface area contributed by atoms with Crippen LogP contribution in [0.5, 0.6) is 5.75 Å². The molecule has 124 valence electrons. The lowest BCUT2D eigenvalue weighted by atomic mass is 10.1. The van der Waals surface area contributed by atoms with E-state index in [1.807, 2.05) is 60.1 Å². The van der Waals surface area contributed by atoms with Crippen LogP contribution in [0.1, 0.15) is 5.56 Å². The molecular weight excluding hydrogens is 446 g/mol. The van der Waals surface area contributed by atoms with E-state index in [1.54, 1.807) is 6.21 Å². The minimum Gasteiger partial charge on any atom is -0.507 e. The van der Waals surface area contributed by atoms with E-state index in [1.165, 1.54) is 0 Å². The fraction of sp³-hybridized carbons (Fsp3) is 0.0526. The third-order valence-electron chi connectivity index (χ3n) is 4.13. The maximum absolute atomic E-state index is 10.6. The molecule has 0 aliphatic carbocycles. The van der Waals surface area contributed by atoms with Gasteiger partial charge in [-0.05, 0) is 29.7 Å². The number of nitrogens with zero attached hydrogens (tertiary/aromatic N) is 3. The van der Waals surface area contributed by atoms with Crippen LogP contribution < -0.4 is 0 Å². The Morgan fingerprint density at radius 3 is 2.64 bits per heavy atom. The van der Waals surface area contributed by atoms with Gasteiger partial charge in [0.1, 0.15) is 5.75 Å². The maximum Gasteiger partial charge on any atom is 0.230 e. The van der Waals surface area contributed by atoms with Crippen LogP contribution in [0.25, 0.3) is 21.8 Å². The molecule has 0 fully saturated rings. The lowest BCUT2D eigenvalue weighted by molar-refractivity contribution is 0.481. The van der Waals surface area contributed by atoms with Crippen molar-refractivity contribution in [3.05, 3.63) is 63.0 Å². The first-order chi connectivity index (χ1) is 12.0. The van der Waals surface area contributed by atoms with Crippen LogP contribution in [-0.2, 0) is 7.05 Å². The van der Waals surface area contributed by atoms with Gasteiger partial charge >= 0.3 is 0 Å². The van der Waals surface area contributed by atoms with Crippen LogP contribution in [0.2, 0.25) is 0 Å². The molecule has 0 atom stereocenters. The summed E-state index contributed by atoms with van der Waals surface area (Å²) >= 11 is 7.02. The number of phenolic OH excluding ortho intramolecular Hbond substituents is 1. The second-order valence-corrected chi connectivity index (χ2v) is 7.47. The number of hydrogen-bond acceptors (Lipinski definition) is 3. The second kappa shape index (κ2) is 6.28. The van der Waals surface area contributed by atoms with Gasteiger partial charge in [-0.2, -0.15) is 0 Å². The van der Waals surface area contributed by atoms with Crippen LogP contribution >= 0.6 is 31.9 Å². The fourth-order valence-corrected chi connectivity index (χ4v) is 3.78. The Bertz CT molecular complexity index is 1150. The zero-order valence-electron chi connectivity index (χ0n) is 13.2. The quantitative estimate of drug-likeness (QED) is 0.391. The molecular formula is C19H13Br2N3O. The summed E-state index contributed by atoms with van der Waals surface area (Å²) in [5, 5.41) is 12.3. The van der Waals surface area contributed by atoms with Crippen molar-refractivity contribution in [1.82, 2.24) is 9.55 Å². The Kier molecular flexibility index (Phi) is 4.09. The van der Waals surface area contributed by atoms with E-state index in [-0.39, 0.29) is 5.75 Å². The molecule has 0 aliphatic heterocycles. The summed E-state index contributed by atoms with van der Waals surface area (Å²) in [6.45, 7) is 0. The average molecular weight is 459 g/mol. The van der Waals surface area contributed by atoms with Gasteiger partial charge in [0.15, 0.2) is 0 Å². The highest BCUT2D eigenvalue weighted by Gasteiger charge is 2.10. The van der Waals surface area contributed by atoms with Crippen LogP contribution in [0.3, 0.4) is 0 Å². The van der Waals surface area contributed by atoms with Gasteiger partial charge in [-0.1, -0.05) is 56.1 Å². The molecule has 1 heterocycles. The number of aromatic hydroxyl groups is 1. The fourth-order valence-electron chi connectivity index (χ4n) is 2.84. The number of phenols is 1. The molecule has 0 unspecified atom stereocenters. The minimum atomic E-state index is 0.212. The van der Waals surface area contributed by atoms with Crippen molar-refractivity contribution < 1.29 is 5.11 Å². The van der Waals surface area contributed by atoms with Crippen LogP contribution in [0.15, 0.2) is 62.5 Å². The van der Waals surface area contributed by atoms with Gasteiger partial charge in [0.25, 0.3) is 0 Å². The van der Waals surface area contributed by atoms with Gasteiger partial charge < -0.3 is 9.67 Å². The molecule has 6 heteroatoms. The van der Waals surface area contributed by atoms with Crippen molar-refractivity contribution in [3.8, 4) is 5.75 Å². The molecule has 25 heavy (non-hydrogen) atoms. The molecule has 0 bridgehead atoms. The monoisotopic (exact) mass is 457 g/mol. The Labute approximate surface area is 161 Å². The van der Waals surface area contributed by atoms with E-state index in [4.69, 9.17) is 0 Å². The molecule has 3 aromatic carbocycles. The molecule has 0 amide bonds. The topological polar surface area (TPSA) is 50.4 Å². The number of aromatic nitrogens is 2.